The minimum absolute atomic E-state index is 1.40. The van der Waals surface area contributed by atoms with Crippen molar-refractivity contribution in [2.24, 2.45) is 0 Å². The van der Waals surface area contributed by atoms with Crippen LogP contribution in [0.1, 0.15) is 0 Å². The Hall–Kier alpha value is 0.680. The van der Waals surface area contributed by atoms with E-state index in [2.05, 4.69) is 0 Å². The maximum Gasteiger partial charge on any atom is -0.0446 e. The van der Waals surface area contributed by atoms with Crippen LogP contribution in [0.3, 0.4) is 0 Å². The van der Waals surface area contributed by atoms with E-state index in [0.717, 1.165) is 0 Å². The SMILES string of the molecule is CP([O-])Cl. The number of hydrogen-bond donors (Lipinski definition) is 0. The summed E-state index contributed by atoms with van der Waals surface area (Å²) in [4.78, 5) is 9.36. The molecule has 0 N–H and O–H groups in total. The highest BCUT2D eigenvalue weighted by atomic mass is 35.7. The van der Waals surface area contributed by atoms with Crippen molar-refractivity contribution in [2.75, 3.05) is 6.66 Å². The van der Waals surface area contributed by atoms with Gasteiger partial charge in [0, 0.05) is 0 Å². The largest absolute Gasteiger partial charge is 0.818 e. The highest BCUT2D eigenvalue weighted by Crippen LogP contribution is 2.22. The minimum atomic E-state index is -1.40. The van der Waals surface area contributed by atoms with Crippen LogP contribution in [0.25, 0.3) is 0 Å². The fraction of sp³-hybridized carbons (Fsp3) is 1.00. The molecule has 0 bridgehead atoms. The van der Waals surface area contributed by atoms with Gasteiger partial charge >= 0.3 is 0 Å². The van der Waals surface area contributed by atoms with Crippen molar-refractivity contribution in [3.05, 3.63) is 0 Å². The monoisotopic (exact) mass is 97.0 g/mol. The van der Waals surface area contributed by atoms with Gasteiger partial charge in [-0.1, -0.05) is 0 Å². The molecule has 0 radical (unpaired) electrons. The molecule has 0 saturated heterocycles. The van der Waals surface area contributed by atoms with Crippen molar-refractivity contribution in [3.63, 3.8) is 0 Å². The minimum Gasteiger partial charge on any atom is -0.818 e. The summed E-state index contributed by atoms with van der Waals surface area (Å²) in [5.74, 6) is 0. The van der Waals surface area contributed by atoms with Crippen LogP contribution < -0.4 is 4.89 Å². The Morgan fingerprint density at radius 3 is 2.00 bits per heavy atom. The second kappa shape index (κ2) is 1.95. The number of rotatable bonds is 0. The summed E-state index contributed by atoms with van der Waals surface area (Å²) in [7, 11) is -1.40. The second-order valence-electron chi connectivity index (χ2n) is 0.421. The lowest BCUT2D eigenvalue weighted by molar-refractivity contribution is -0.152. The molecule has 0 fully saturated rings. The van der Waals surface area contributed by atoms with Gasteiger partial charge in [0.1, 0.15) is 0 Å². The van der Waals surface area contributed by atoms with E-state index in [9.17, 15) is 4.89 Å². The van der Waals surface area contributed by atoms with Gasteiger partial charge in [0.15, 0.2) is 0 Å². The van der Waals surface area contributed by atoms with Gasteiger partial charge in [0.2, 0.25) is 0 Å². The van der Waals surface area contributed by atoms with E-state index < -0.39 is 7.50 Å². The summed E-state index contributed by atoms with van der Waals surface area (Å²) in [6.45, 7) is 1.44. The lowest BCUT2D eigenvalue weighted by Gasteiger charge is -2.00. The smallest absolute Gasteiger partial charge is 0.0446 e. The van der Waals surface area contributed by atoms with Gasteiger partial charge in [-0.05, 0) is 6.66 Å². The highest BCUT2D eigenvalue weighted by Gasteiger charge is 1.55. The molecule has 0 amide bonds. The van der Waals surface area contributed by atoms with Crippen molar-refractivity contribution in [1.82, 2.24) is 0 Å². The van der Waals surface area contributed by atoms with Crippen molar-refractivity contribution in [1.29, 1.82) is 0 Å². The topological polar surface area (TPSA) is 23.1 Å². The standard InChI is InChI=1S/CH3ClOP/c1-4(2)3/h1H3/q-1. The quantitative estimate of drug-likeness (QED) is 0.404. The normalized spacial score (nSPS) is 15.8. The Morgan fingerprint density at radius 1 is 2.00 bits per heavy atom. The van der Waals surface area contributed by atoms with E-state index in [0.29, 0.717) is 0 Å². The first-order valence-electron chi connectivity index (χ1n) is 0.799. The third-order valence-electron chi connectivity index (χ3n) is 0. The molecule has 0 aromatic heterocycles. The lowest BCUT2D eigenvalue weighted by atomic mass is 12.0. The third-order valence-corrected chi connectivity index (χ3v) is 0. The van der Waals surface area contributed by atoms with Gasteiger partial charge in [-0.25, -0.2) is 0 Å². The second-order valence-corrected chi connectivity index (χ2v) is 2.69. The van der Waals surface area contributed by atoms with Crippen LogP contribution in [0.5, 0.6) is 0 Å². The molecule has 1 nitrogen and oxygen atoms in total. The van der Waals surface area contributed by atoms with Gasteiger partial charge in [-0.3, -0.25) is 0 Å². The Kier molecular flexibility index (Phi) is 2.28. The molecular weight excluding hydrogens is 94.4 g/mol. The molecule has 0 heterocycles. The maximum atomic E-state index is 9.36. The van der Waals surface area contributed by atoms with E-state index in [1.807, 2.05) is 0 Å². The molecule has 1 atom stereocenters. The van der Waals surface area contributed by atoms with Crippen LogP contribution >= 0.6 is 18.7 Å². The van der Waals surface area contributed by atoms with E-state index >= 15 is 0 Å². The molecule has 4 heavy (non-hydrogen) atoms. The zero-order valence-corrected chi connectivity index (χ0v) is 3.88. The van der Waals surface area contributed by atoms with Crippen LogP contribution in [-0.2, 0) is 0 Å². The first-order chi connectivity index (χ1) is 1.73. The fourth-order valence-corrected chi connectivity index (χ4v) is 0. The Labute approximate surface area is 31.2 Å². The van der Waals surface area contributed by atoms with Gasteiger partial charge in [-0.2, -0.15) is 0 Å². The van der Waals surface area contributed by atoms with Crippen molar-refractivity contribution in [2.45, 2.75) is 0 Å². The molecule has 0 aromatic rings. The molecule has 0 saturated carbocycles. The number of halogens is 1. The molecule has 3 heteroatoms. The number of hydrogen-bond acceptors (Lipinski definition) is 1. The fourth-order valence-electron chi connectivity index (χ4n) is 0. The molecule has 0 aliphatic heterocycles. The molecule has 0 spiro atoms. The Bertz CT molecular complexity index is 12.8. The molecule has 26 valence electrons. The van der Waals surface area contributed by atoms with Gasteiger partial charge in [-0.15, -0.1) is 18.7 Å². The Balaban J connectivity index is 2.32. The summed E-state index contributed by atoms with van der Waals surface area (Å²) in [6.07, 6.45) is 0. The van der Waals surface area contributed by atoms with Crippen LogP contribution in [0.15, 0.2) is 0 Å². The summed E-state index contributed by atoms with van der Waals surface area (Å²) in [6, 6.07) is 0. The first kappa shape index (κ1) is 4.68. The van der Waals surface area contributed by atoms with Gasteiger partial charge < -0.3 is 4.89 Å². The zero-order valence-electron chi connectivity index (χ0n) is 2.23. The molecular formula is CH3ClOP-. The average molecular weight is 97.5 g/mol. The predicted octanol–water partition coefficient (Wildman–Crippen LogP) is 0.527. The zero-order chi connectivity index (χ0) is 3.58. The van der Waals surface area contributed by atoms with Crippen molar-refractivity contribution < 1.29 is 4.89 Å². The molecule has 0 aromatic carbocycles. The van der Waals surface area contributed by atoms with Crippen LogP contribution in [-0.4, -0.2) is 6.66 Å². The summed E-state index contributed by atoms with van der Waals surface area (Å²) >= 11 is 4.78. The first-order valence-corrected chi connectivity index (χ1v) is 3.41. The lowest BCUT2D eigenvalue weighted by Crippen LogP contribution is -1.80. The third kappa shape index (κ3) is 16.4. The Morgan fingerprint density at radius 2 is 2.00 bits per heavy atom. The molecule has 1 unspecified atom stereocenters. The van der Waals surface area contributed by atoms with Crippen LogP contribution in [0.4, 0.5) is 0 Å². The van der Waals surface area contributed by atoms with E-state index in [1.165, 1.54) is 6.66 Å². The highest BCUT2D eigenvalue weighted by molar-refractivity contribution is 7.77. The molecule has 0 aliphatic carbocycles. The molecule has 0 aliphatic rings. The van der Waals surface area contributed by atoms with Crippen molar-refractivity contribution >= 4 is 18.7 Å². The predicted molar refractivity (Wildman–Crippen MR) is 18.7 cm³/mol. The van der Waals surface area contributed by atoms with E-state index in [4.69, 9.17) is 11.2 Å². The van der Waals surface area contributed by atoms with Crippen LogP contribution in [0, 0.1) is 0 Å². The summed E-state index contributed by atoms with van der Waals surface area (Å²) in [5, 5.41) is 0. The summed E-state index contributed by atoms with van der Waals surface area (Å²) in [5.41, 5.74) is 0. The van der Waals surface area contributed by atoms with E-state index in [-0.39, 0.29) is 0 Å². The van der Waals surface area contributed by atoms with E-state index in [1.54, 1.807) is 0 Å². The maximum absolute atomic E-state index is 9.36. The summed E-state index contributed by atoms with van der Waals surface area (Å²) < 4.78 is 0. The van der Waals surface area contributed by atoms with Gasteiger partial charge in [0.05, 0.1) is 0 Å². The molecule has 0 rings (SSSR count). The average Bonchev–Trinajstić information content (AvgIpc) is 0.811. The van der Waals surface area contributed by atoms with Gasteiger partial charge in [0.25, 0.3) is 0 Å². The van der Waals surface area contributed by atoms with Crippen molar-refractivity contribution in [3.8, 4) is 0 Å². The van der Waals surface area contributed by atoms with Crippen LogP contribution in [0.2, 0.25) is 0 Å².